The predicted octanol–water partition coefficient (Wildman–Crippen LogP) is 1.06. The SMILES string of the molecule is CCCCC[N+]1=C(n2nc(C)c(C)c2C)N=C2C1C(=O)N(CC(=O)OC)C(=O)N2C. The molecule has 0 aromatic carbocycles. The maximum Gasteiger partial charge on any atom is 0.421 e. The van der Waals surface area contributed by atoms with Crippen LogP contribution < -0.4 is 0 Å². The smallest absolute Gasteiger partial charge is 0.421 e. The molecule has 2 aliphatic heterocycles. The highest BCUT2D eigenvalue weighted by atomic mass is 16.5. The van der Waals surface area contributed by atoms with Gasteiger partial charge >= 0.3 is 18.0 Å². The van der Waals surface area contributed by atoms with Crippen LogP contribution in [0.5, 0.6) is 0 Å². The van der Waals surface area contributed by atoms with Gasteiger partial charge in [0.15, 0.2) is 0 Å². The van der Waals surface area contributed by atoms with Crippen LogP contribution in [0, 0.1) is 20.8 Å². The fraction of sp³-hybridized carbons (Fsp3) is 0.600. The zero-order chi connectivity index (χ0) is 22.2. The highest BCUT2D eigenvalue weighted by Gasteiger charge is 2.53. The minimum atomic E-state index is -0.784. The van der Waals surface area contributed by atoms with Crippen LogP contribution in [0.2, 0.25) is 0 Å². The third kappa shape index (κ3) is 3.50. The number of fused-ring (bicyclic) bond motifs is 1. The van der Waals surface area contributed by atoms with E-state index in [4.69, 9.17) is 0 Å². The molecule has 3 amide bonds. The minimum Gasteiger partial charge on any atom is -0.468 e. The largest absolute Gasteiger partial charge is 0.468 e. The van der Waals surface area contributed by atoms with Crippen LogP contribution in [-0.2, 0) is 14.3 Å². The van der Waals surface area contributed by atoms with E-state index in [1.54, 1.807) is 11.7 Å². The number of esters is 1. The number of nitrogens with zero attached hydrogens (tertiary/aromatic N) is 6. The average molecular weight is 417 g/mol. The van der Waals surface area contributed by atoms with Crippen molar-refractivity contribution in [3.63, 3.8) is 0 Å². The van der Waals surface area contributed by atoms with E-state index in [0.717, 1.165) is 41.1 Å². The van der Waals surface area contributed by atoms with Gasteiger partial charge in [0, 0.05) is 12.6 Å². The molecule has 3 heterocycles. The normalized spacial score (nSPS) is 18.9. The highest BCUT2D eigenvalue weighted by Crippen LogP contribution is 2.22. The van der Waals surface area contributed by atoms with Gasteiger partial charge in [0.1, 0.15) is 12.2 Å². The highest BCUT2D eigenvalue weighted by molar-refractivity contribution is 6.23. The lowest BCUT2D eigenvalue weighted by molar-refractivity contribution is -0.538. The monoisotopic (exact) mass is 417 g/mol. The van der Waals surface area contributed by atoms with Gasteiger partial charge < -0.3 is 4.74 Å². The Balaban J connectivity index is 2.09. The lowest BCUT2D eigenvalue weighted by Gasteiger charge is -2.33. The summed E-state index contributed by atoms with van der Waals surface area (Å²) in [4.78, 5) is 44.8. The molecule has 0 saturated carbocycles. The molecular formula is C20H29N6O4+. The molecule has 1 fully saturated rings. The number of unbranched alkanes of at least 4 members (excludes halogenated alkanes) is 2. The van der Waals surface area contributed by atoms with Gasteiger partial charge in [-0.25, -0.2) is 14.3 Å². The second-order valence-corrected chi connectivity index (χ2v) is 7.62. The molecule has 0 spiro atoms. The summed E-state index contributed by atoms with van der Waals surface area (Å²) >= 11 is 0. The van der Waals surface area contributed by atoms with Crippen LogP contribution >= 0.6 is 0 Å². The van der Waals surface area contributed by atoms with Crippen molar-refractivity contribution < 1.29 is 23.7 Å². The van der Waals surface area contributed by atoms with Crippen molar-refractivity contribution in [3.8, 4) is 0 Å². The molecule has 1 atom stereocenters. The number of imide groups is 1. The van der Waals surface area contributed by atoms with E-state index in [0.29, 0.717) is 18.3 Å². The van der Waals surface area contributed by atoms with Gasteiger partial charge in [0.05, 0.1) is 19.3 Å². The topological polar surface area (TPSA) is 100 Å². The number of amidine groups is 1. The summed E-state index contributed by atoms with van der Waals surface area (Å²) in [5, 5.41) is 4.61. The molecule has 0 radical (unpaired) electrons. The van der Waals surface area contributed by atoms with Crippen molar-refractivity contribution in [3.05, 3.63) is 17.0 Å². The van der Waals surface area contributed by atoms with Crippen LogP contribution in [0.15, 0.2) is 4.99 Å². The zero-order valence-corrected chi connectivity index (χ0v) is 18.4. The van der Waals surface area contributed by atoms with Gasteiger partial charge in [-0.05, 0) is 27.2 Å². The van der Waals surface area contributed by atoms with Crippen molar-refractivity contribution in [2.75, 3.05) is 27.2 Å². The van der Waals surface area contributed by atoms with Gasteiger partial charge in [0.25, 0.3) is 5.91 Å². The van der Waals surface area contributed by atoms with Crippen molar-refractivity contribution in [1.29, 1.82) is 0 Å². The number of hydrogen-bond acceptors (Lipinski definition) is 6. The number of amides is 3. The second-order valence-electron chi connectivity index (χ2n) is 7.62. The number of hydrogen-bond donors (Lipinski definition) is 0. The Kier molecular flexibility index (Phi) is 6.04. The first-order valence-electron chi connectivity index (χ1n) is 10.1. The Labute approximate surface area is 175 Å². The summed E-state index contributed by atoms with van der Waals surface area (Å²) in [5.41, 5.74) is 2.86. The van der Waals surface area contributed by atoms with Crippen molar-refractivity contribution in [2.45, 2.75) is 53.0 Å². The number of carbonyl (C=O) groups excluding carboxylic acids is 3. The van der Waals surface area contributed by atoms with E-state index in [-0.39, 0.29) is 0 Å². The lowest BCUT2D eigenvalue weighted by Crippen LogP contribution is -2.63. The van der Waals surface area contributed by atoms with E-state index in [9.17, 15) is 14.4 Å². The van der Waals surface area contributed by atoms with E-state index in [1.165, 1.54) is 12.0 Å². The number of carbonyl (C=O) groups is 3. The van der Waals surface area contributed by atoms with Crippen LogP contribution in [0.3, 0.4) is 0 Å². The number of aliphatic imine (C=N–C) groups is 1. The predicted molar refractivity (Wildman–Crippen MR) is 110 cm³/mol. The quantitative estimate of drug-likeness (QED) is 0.391. The molecular weight excluding hydrogens is 388 g/mol. The fourth-order valence-electron chi connectivity index (χ4n) is 3.69. The molecule has 3 rings (SSSR count). The van der Waals surface area contributed by atoms with Gasteiger partial charge in [-0.15, -0.1) is 9.78 Å². The first kappa shape index (κ1) is 21.7. The van der Waals surface area contributed by atoms with Crippen molar-refractivity contribution >= 4 is 29.7 Å². The van der Waals surface area contributed by atoms with Gasteiger partial charge in [-0.3, -0.25) is 14.5 Å². The van der Waals surface area contributed by atoms with Crippen molar-refractivity contribution in [2.24, 2.45) is 4.99 Å². The van der Waals surface area contributed by atoms with Gasteiger partial charge in [-0.2, -0.15) is 0 Å². The number of rotatable bonds is 6. The first-order chi connectivity index (χ1) is 14.2. The fourth-order valence-corrected chi connectivity index (χ4v) is 3.69. The average Bonchev–Trinajstić information content (AvgIpc) is 3.22. The Morgan fingerprint density at radius 1 is 1.20 bits per heavy atom. The first-order valence-corrected chi connectivity index (χ1v) is 10.1. The second kappa shape index (κ2) is 8.37. The van der Waals surface area contributed by atoms with Crippen LogP contribution in [0.4, 0.5) is 4.79 Å². The van der Waals surface area contributed by atoms with Crippen molar-refractivity contribution in [1.82, 2.24) is 19.6 Å². The summed E-state index contributed by atoms with van der Waals surface area (Å²) in [6.07, 6.45) is 2.89. The number of aryl methyl sites for hydroxylation is 1. The zero-order valence-electron chi connectivity index (χ0n) is 18.4. The lowest BCUT2D eigenvalue weighted by atomic mass is 10.1. The molecule has 1 aromatic rings. The number of methoxy groups -OCH3 is 1. The summed E-state index contributed by atoms with van der Waals surface area (Å²) in [6.45, 7) is 8.13. The van der Waals surface area contributed by atoms with Gasteiger partial charge in [-0.1, -0.05) is 24.8 Å². The molecule has 0 aliphatic carbocycles. The van der Waals surface area contributed by atoms with Crippen LogP contribution in [0.1, 0.15) is 43.1 Å². The Morgan fingerprint density at radius 3 is 2.47 bits per heavy atom. The third-order valence-corrected chi connectivity index (χ3v) is 5.75. The molecule has 30 heavy (non-hydrogen) atoms. The van der Waals surface area contributed by atoms with Gasteiger partial charge in [0.2, 0.25) is 11.9 Å². The van der Waals surface area contributed by atoms with E-state index >= 15 is 0 Å². The Morgan fingerprint density at radius 2 is 1.90 bits per heavy atom. The molecule has 0 N–H and O–H groups in total. The maximum absolute atomic E-state index is 13.3. The maximum atomic E-state index is 13.3. The third-order valence-electron chi connectivity index (χ3n) is 5.75. The molecule has 10 nitrogen and oxygen atoms in total. The molecule has 0 bridgehead atoms. The molecule has 1 saturated heterocycles. The Bertz CT molecular complexity index is 961. The molecule has 2 aliphatic rings. The number of aromatic nitrogens is 2. The summed E-state index contributed by atoms with van der Waals surface area (Å²) in [7, 11) is 2.78. The van der Waals surface area contributed by atoms with E-state index in [2.05, 4.69) is 21.8 Å². The molecule has 162 valence electrons. The van der Waals surface area contributed by atoms with E-state index < -0.39 is 30.5 Å². The van der Waals surface area contributed by atoms with Crippen LogP contribution in [-0.4, -0.2) is 87.1 Å². The number of likely N-dealkylation sites (N-methyl/N-ethyl adjacent to an activating group) is 1. The standard InChI is InChI=1S/C20H29N6O4/c1-7-8-9-10-24-16-17(21-19(24)26-14(4)12(2)13(3)22-26)23(5)20(29)25(18(16)28)11-15(27)30-6/h16H,7-11H2,1-6H3/q+1. The summed E-state index contributed by atoms with van der Waals surface area (Å²) in [6, 6.07) is -1.38. The Hall–Kier alpha value is -3.04. The summed E-state index contributed by atoms with van der Waals surface area (Å²) < 4.78 is 8.28. The number of ether oxygens (including phenoxy) is 1. The molecule has 10 heteroatoms. The van der Waals surface area contributed by atoms with Crippen LogP contribution in [0.25, 0.3) is 0 Å². The number of urea groups is 1. The molecule has 1 unspecified atom stereocenters. The van der Waals surface area contributed by atoms with E-state index in [1.807, 2.05) is 25.3 Å². The summed E-state index contributed by atoms with van der Waals surface area (Å²) in [5.74, 6) is -0.262. The molecule has 1 aromatic heterocycles. The minimum absolute atomic E-state index is 0.350.